The summed E-state index contributed by atoms with van der Waals surface area (Å²) in [5.74, 6) is -0.920. The van der Waals surface area contributed by atoms with E-state index in [-0.39, 0.29) is 5.46 Å². The molecule has 0 atom stereocenters. The molecule has 7 heteroatoms. The Labute approximate surface area is 90.8 Å². The van der Waals surface area contributed by atoms with Gasteiger partial charge in [0.2, 0.25) is 5.95 Å². The minimum atomic E-state index is -1.87. The highest BCUT2D eigenvalue weighted by Gasteiger charge is 2.18. The molecule has 0 radical (unpaired) electrons. The van der Waals surface area contributed by atoms with E-state index in [1.807, 2.05) is 0 Å². The monoisotopic (exact) mass is 219 g/mol. The Balaban J connectivity index is 2.43. The molecule has 0 fully saturated rings. The lowest BCUT2D eigenvalue weighted by molar-refractivity contribution is 0.422. The average Bonchev–Trinajstić information content (AvgIpc) is 2.29. The fourth-order valence-electron chi connectivity index (χ4n) is 1.23. The molecule has 0 unspecified atom stereocenters. The molecule has 2 aromatic heterocycles. The average molecular weight is 219 g/mol. The Hall–Kier alpha value is -1.86. The highest BCUT2D eigenvalue weighted by molar-refractivity contribution is 6.58. The third kappa shape index (κ3) is 2.05. The molecule has 0 spiro atoms. The van der Waals surface area contributed by atoms with Crippen molar-refractivity contribution in [2.75, 3.05) is 0 Å². The zero-order valence-corrected chi connectivity index (χ0v) is 8.08. The van der Waals surface area contributed by atoms with Crippen LogP contribution < -0.4 is 5.46 Å². The van der Waals surface area contributed by atoms with E-state index in [0.717, 1.165) is 0 Å². The number of pyridine rings is 1. The van der Waals surface area contributed by atoms with Crippen molar-refractivity contribution in [3.63, 3.8) is 0 Å². The quantitative estimate of drug-likeness (QED) is 0.518. The molecular weight excluding hydrogens is 212 g/mol. The van der Waals surface area contributed by atoms with E-state index in [4.69, 9.17) is 10.0 Å². The van der Waals surface area contributed by atoms with Gasteiger partial charge >= 0.3 is 7.12 Å². The predicted octanol–water partition coefficient (Wildman–Crippen LogP) is -0.643. The number of hydrogen-bond donors (Lipinski definition) is 2. The molecule has 80 valence electrons. The van der Waals surface area contributed by atoms with Crippen molar-refractivity contribution in [1.82, 2.24) is 15.0 Å². The third-order valence-corrected chi connectivity index (χ3v) is 2.01. The SMILES string of the molecule is OB(O)c1ccc(-c2cncnc2)nc1F. The van der Waals surface area contributed by atoms with Gasteiger partial charge in [0.25, 0.3) is 0 Å². The maximum atomic E-state index is 13.3. The van der Waals surface area contributed by atoms with E-state index >= 15 is 0 Å². The van der Waals surface area contributed by atoms with E-state index in [1.165, 1.54) is 30.9 Å². The molecule has 2 aromatic rings. The molecule has 16 heavy (non-hydrogen) atoms. The lowest BCUT2D eigenvalue weighted by Gasteiger charge is -2.03. The van der Waals surface area contributed by atoms with Gasteiger partial charge in [-0.05, 0) is 6.07 Å². The first-order valence-electron chi connectivity index (χ1n) is 4.46. The Bertz CT molecular complexity index is 495. The van der Waals surface area contributed by atoms with Crippen molar-refractivity contribution in [3.05, 3.63) is 36.8 Å². The van der Waals surface area contributed by atoms with Crippen molar-refractivity contribution in [3.8, 4) is 11.3 Å². The van der Waals surface area contributed by atoms with Gasteiger partial charge in [0, 0.05) is 23.4 Å². The standard InChI is InChI=1S/C9H7BFN3O2/c11-9-7(10(15)16)1-2-8(14-9)6-3-12-5-13-4-6/h1-5,15-16H. The van der Waals surface area contributed by atoms with Crippen LogP contribution in [0.25, 0.3) is 11.3 Å². The summed E-state index contributed by atoms with van der Waals surface area (Å²) in [5, 5.41) is 17.6. The second kappa shape index (κ2) is 4.34. The maximum Gasteiger partial charge on any atom is 0.493 e. The summed E-state index contributed by atoms with van der Waals surface area (Å²) < 4.78 is 13.3. The second-order valence-electron chi connectivity index (χ2n) is 3.08. The van der Waals surface area contributed by atoms with Gasteiger partial charge in [-0.2, -0.15) is 4.39 Å². The number of nitrogens with zero attached hydrogens (tertiary/aromatic N) is 3. The van der Waals surface area contributed by atoms with Gasteiger partial charge in [-0.15, -0.1) is 0 Å². The zero-order chi connectivity index (χ0) is 11.5. The summed E-state index contributed by atoms with van der Waals surface area (Å²) in [6.07, 6.45) is 4.33. The van der Waals surface area contributed by atoms with Crippen LogP contribution in [0.5, 0.6) is 0 Å². The maximum absolute atomic E-state index is 13.3. The van der Waals surface area contributed by atoms with Crippen LogP contribution in [0, 0.1) is 5.95 Å². The highest BCUT2D eigenvalue weighted by Crippen LogP contribution is 2.13. The summed E-state index contributed by atoms with van der Waals surface area (Å²) in [6, 6.07) is 2.73. The van der Waals surface area contributed by atoms with Gasteiger partial charge in [-0.1, -0.05) is 6.07 Å². The topological polar surface area (TPSA) is 79.1 Å². The third-order valence-electron chi connectivity index (χ3n) is 2.01. The first-order chi connectivity index (χ1) is 7.68. The van der Waals surface area contributed by atoms with Crippen LogP contribution in [0.1, 0.15) is 0 Å². The molecule has 0 saturated carbocycles. The first kappa shape index (κ1) is 10.7. The molecule has 0 aliphatic carbocycles. The van der Waals surface area contributed by atoms with Crippen LogP contribution in [-0.4, -0.2) is 32.1 Å². The molecule has 0 amide bonds. The van der Waals surface area contributed by atoms with Crippen molar-refractivity contribution in [2.24, 2.45) is 0 Å². The normalized spacial score (nSPS) is 10.2. The largest absolute Gasteiger partial charge is 0.493 e. The van der Waals surface area contributed by atoms with Crippen LogP contribution in [0.15, 0.2) is 30.9 Å². The Morgan fingerprint density at radius 2 is 1.81 bits per heavy atom. The zero-order valence-electron chi connectivity index (χ0n) is 8.08. The lowest BCUT2D eigenvalue weighted by atomic mass is 9.81. The van der Waals surface area contributed by atoms with Gasteiger partial charge in [0.05, 0.1) is 5.69 Å². The van der Waals surface area contributed by atoms with E-state index in [0.29, 0.717) is 11.3 Å². The number of rotatable bonds is 2. The minimum Gasteiger partial charge on any atom is -0.423 e. The Morgan fingerprint density at radius 3 is 2.38 bits per heavy atom. The lowest BCUT2D eigenvalue weighted by Crippen LogP contribution is -2.33. The molecule has 0 aromatic carbocycles. The minimum absolute atomic E-state index is 0.263. The van der Waals surface area contributed by atoms with Crippen LogP contribution in [-0.2, 0) is 0 Å². The molecule has 0 aliphatic heterocycles. The van der Waals surface area contributed by atoms with Crippen molar-refractivity contribution < 1.29 is 14.4 Å². The second-order valence-corrected chi connectivity index (χ2v) is 3.08. The molecule has 5 nitrogen and oxygen atoms in total. The van der Waals surface area contributed by atoms with E-state index in [1.54, 1.807) is 0 Å². The number of halogens is 1. The van der Waals surface area contributed by atoms with Gasteiger partial charge < -0.3 is 10.0 Å². The van der Waals surface area contributed by atoms with Crippen molar-refractivity contribution in [1.29, 1.82) is 0 Å². The fourth-order valence-corrected chi connectivity index (χ4v) is 1.23. The first-order valence-corrected chi connectivity index (χ1v) is 4.46. The Morgan fingerprint density at radius 1 is 1.12 bits per heavy atom. The van der Waals surface area contributed by atoms with E-state index in [2.05, 4.69) is 15.0 Å². The summed E-state index contributed by atoms with van der Waals surface area (Å²) in [4.78, 5) is 11.1. The molecule has 2 rings (SSSR count). The molecule has 0 aliphatic rings. The summed E-state index contributed by atoms with van der Waals surface area (Å²) >= 11 is 0. The highest BCUT2D eigenvalue weighted by atomic mass is 19.1. The predicted molar refractivity (Wildman–Crippen MR) is 55.0 cm³/mol. The van der Waals surface area contributed by atoms with Gasteiger partial charge in [0.1, 0.15) is 6.33 Å². The number of hydrogen-bond acceptors (Lipinski definition) is 5. The van der Waals surface area contributed by atoms with Crippen LogP contribution >= 0.6 is 0 Å². The molecular formula is C9H7BFN3O2. The van der Waals surface area contributed by atoms with Gasteiger partial charge in [-0.3, -0.25) is 0 Å². The van der Waals surface area contributed by atoms with Crippen LogP contribution in [0.3, 0.4) is 0 Å². The summed E-state index contributed by atoms with van der Waals surface area (Å²) in [5.41, 5.74) is 0.628. The Kier molecular flexibility index (Phi) is 2.89. The summed E-state index contributed by atoms with van der Waals surface area (Å²) in [6.45, 7) is 0. The van der Waals surface area contributed by atoms with Crippen LogP contribution in [0.2, 0.25) is 0 Å². The van der Waals surface area contributed by atoms with Crippen molar-refractivity contribution >= 4 is 12.6 Å². The van der Waals surface area contributed by atoms with Gasteiger partial charge in [0.15, 0.2) is 0 Å². The van der Waals surface area contributed by atoms with E-state index in [9.17, 15) is 4.39 Å². The summed E-state index contributed by atoms with van der Waals surface area (Å²) in [7, 11) is -1.87. The van der Waals surface area contributed by atoms with Crippen molar-refractivity contribution in [2.45, 2.75) is 0 Å². The fraction of sp³-hybridized carbons (Fsp3) is 0. The molecule has 2 heterocycles. The van der Waals surface area contributed by atoms with Crippen LogP contribution in [0.4, 0.5) is 4.39 Å². The number of aromatic nitrogens is 3. The molecule has 0 bridgehead atoms. The molecule has 2 N–H and O–H groups in total. The molecule has 0 saturated heterocycles. The smallest absolute Gasteiger partial charge is 0.423 e. The van der Waals surface area contributed by atoms with E-state index < -0.39 is 13.1 Å². The van der Waals surface area contributed by atoms with Gasteiger partial charge in [-0.25, -0.2) is 15.0 Å².